The fourth-order valence-corrected chi connectivity index (χ4v) is 3.04. The molecule has 154 valence electrons. The molecule has 2 N–H and O–H groups in total. The molecule has 8 heteroatoms. The first-order valence-electron chi connectivity index (χ1n) is 9.25. The number of aryl methyl sites for hydroxylation is 2. The summed E-state index contributed by atoms with van der Waals surface area (Å²) in [6.45, 7) is 7.97. The smallest absolute Gasteiger partial charge is 0.203 e. The van der Waals surface area contributed by atoms with Crippen LogP contribution in [0.4, 0.5) is 0 Å². The molecule has 0 unspecified atom stereocenters. The van der Waals surface area contributed by atoms with Crippen molar-refractivity contribution in [3.05, 3.63) is 34.6 Å². The third kappa shape index (κ3) is 4.68. The average molecular weight is 390 g/mol. The lowest BCUT2D eigenvalue weighted by Gasteiger charge is -2.16. The van der Waals surface area contributed by atoms with Crippen molar-refractivity contribution in [2.45, 2.75) is 33.9 Å². The molecule has 0 amide bonds. The molecule has 28 heavy (non-hydrogen) atoms. The van der Waals surface area contributed by atoms with Crippen LogP contribution in [-0.4, -0.2) is 43.6 Å². The van der Waals surface area contributed by atoms with Crippen molar-refractivity contribution in [2.24, 2.45) is 12.0 Å². The molecule has 0 radical (unpaired) electrons. The van der Waals surface area contributed by atoms with Gasteiger partial charge in [0.25, 0.3) is 0 Å². The van der Waals surface area contributed by atoms with E-state index in [0.29, 0.717) is 30.3 Å². The molecule has 1 aromatic carbocycles. The summed E-state index contributed by atoms with van der Waals surface area (Å²) in [6.07, 6.45) is 0. The van der Waals surface area contributed by atoms with Crippen LogP contribution in [0.5, 0.6) is 17.2 Å². The summed E-state index contributed by atoms with van der Waals surface area (Å²) >= 11 is 0. The second-order valence-corrected chi connectivity index (χ2v) is 6.32. The van der Waals surface area contributed by atoms with Gasteiger partial charge in [-0.3, -0.25) is 4.68 Å². The van der Waals surface area contributed by atoms with Gasteiger partial charge in [0.1, 0.15) is 0 Å². The molecule has 0 saturated carbocycles. The lowest BCUT2D eigenvalue weighted by molar-refractivity contribution is 0.322. The van der Waals surface area contributed by atoms with E-state index in [1.54, 1.807) is 21.3 Å². The summed E-state index contributed by atoms with van der Waals surface area (Å²) in [6, 6.07) is 3.79. The van der Waals surface area contributed by atoms with Crippen molar-refractivity contribution in [3.63, 3.8) is 0 Å². The number of rotatable bonds is 8. The molecular weight excluding hydrogens is 358 g/mol. The Labute approximate surface area is 166 Å². The molecular formula is C20H31N5O3. The van der Waals surface area contributed by atoms with Gasteiger partial charge in [0.05, 0.1) is 33.6 Å². The zero-order valence-electron chi connectivity index (χ0n) is 17.8. The van der Waals surface area contributed by atoms with E-state index in [4.69, 9.17) is 19.2 Å². The van der Waals surface area contributed by atoms with Gasteiger partial charge >= 0.3 is 0 Å². The van der Waals surface area contributed by atoms with Gasteiger partial charge in [-0.15, -0.1) is 0 Å². The van der Waals surface area contributed by atoms with Gasteiger partial charge in [-0.05, 0) is 32.9 Å². The highest BCUT2D eigenvalue weighted by atomic mass is 16.5. The highest BCUT2D eigenvalue weighted by Crippen LogP contribution is 2.39. The van der Waals surface area contributed by atoms with Crippen molar-refractivity contribution in [3.8, 4) is 17.2 Å². The number of hydrogen-bond acceptors (Lipinski definition) is 5. The lowest BCUT2D eigenvalue weighted by Crippen LogP contribution is -2.37. The van der Waals surface area contributed by atoms with Crippen LogP contribution < -0.4 is 24.8 Å². The Balaban J connectivity index is 2.20. The largest absolute Gasteiger partial charge is 0.493 e. The number of aliphatic imine (C=N–C) groups is 1. The fourth-order valence-electron chi connectivity index (χ4n) is 3.04. The van der Waals surface area contributed by atoms with Crippen LogP contribution in [0.15, 0.2) is 17.1 Å². The Morgan fingerprint density at radius 3 is 2.32 bits per heavy atom. The predicted octanol–water partition coefficient (Wildman–Crippen LogP) is 2.32. The maximum Gasteiger partial charge on any atom is 0.203 e. The summed E-state index contributed by atoms with van der Waals surface area (Å²) < 4.78 is 18.2. The first-order chi connectivity index (χ1) is 13.5. The van der Waals surface area contributed by atoms with Crippen LogP contribution in [0, 0.1) is 13.8 Å². The Hall–Kier alpha value is -2.90. The third-order valence-electron chi connectivity index (χ3n) is 4.63. The monoisotopic (exact) mass is 389 g/mol. The van der Waals surface area contributed by atoms with E-state index in [9.17, 15) is 0 Å². The van der Waals surface area contributed by atoms with Gasteiger partial charge in [0.2, 0.25) is 5.75 Å². The SMILES string of the molecule is CCNC(=NCc1ccc(OC)c(OC)c1OC)NCc1c(C)nn(C)c1C. The maximum absolute atomic E-state index is 5.54. The number of guanidine groups is 1. The van der Waals surface area contributed by atoms with Gasteiger partial charge in [-0.1, -0.05) is 0 Å². The molecule has 0 saturated heterocycles. The zero-order chi connectivity index (χ0) is 20.7. The van der Waals surface area contributed by atoms with Crippen molar-refractivity contribution >= 4 is 5.96 Å². The standard InChI is InChI=1S/C20H31N5O3/c1-8-21-20(23-12-16-13(2)24-25(4)14(16)3)22-11-15-9-10-17(26-5)19(28-7)18(15)27-6/h9-10H,8,11-12H2,1-7H3,(H2,21,22,23). The van der Waals surface area contributed by atoms with Crippen molar-refractivity contribution in [2.75, 3.05) is 27.9 Å². The number of methoxy groups -OCH3 is 3. The third-order valence-corrected chi connectivity index (χ3v) is 4.63. The van der Waals surface area contributed by atoms with Crippen LogP contribution in [0.25, 0.3) is 0 Å². The fraction of sp³-hybridized carbons (Fsp3) is 0.500. The van der Waals surface area contributed by atoms with Gasteiger partial charge in [0.15, 0.2) is 17.5 Å². The van der Waals surface area contributed by atoms with Gasteiger partial charge < -0.3 is 24.8 Å². The molecule has 0 fully saturated rings. The van der Waals surface area contributed by atoms with Gasteiger partial charge in [0, 0.05) is 37.0 Å². The van der Waals surface area contributed by atoms with Crippen molar-refractivity contribution in [1.82, 2.24) is 20.4 Å². The molecule has 0 atom stereocenters. The first kappa shape index (κ1) is 21.4. The van der Waals surface area contributed by atoms with E-state index >= 15 is 0 Å². The van der Waals surface area contributed by atoms with Crippen LogP contribution in [0.1, 0.15) is 29.4 Å². The predicted molar refractivity (Wildman–Crippen MR) is 110 cm³/mol. The second kappa shape index (κ2) is 9.87. The molecule has 8 nitrogen and oxygen atoms in total. The number of benzene rings is 1. The number of nitrogens with zero attached hydrogens (tertiary/aromatic N) is 3. The van der Waals surface area contributed by atoms with Crippen molar-refractivity contribution < 1.29 is 14.2 Å². The minimum atomic E-state index is 0.434. The molecule has 2 rings (SSSR count). The molecule has 1 heterocycles. The number of nitrogens with one attached hydrogen (secondary N) is 2. The number of hydrogen-bond donors (Lipinski definition) is 2. The summed E-state index contributed by atoms with van der Waals surface area (Å²) in [5.41, 5.74) is 4.25. The molecule has 0 aliphatic carbocycles. The first-order valence-corrected chi connectivity index (χ1v) is 9.25. The van der Waals surface area contributed by atoms with E-state index in [0.717, 1.165) is 29.5 Å². The molecule has 2 aromatic rings. The van der Waals surface area contributed by atoms with E-state index in [-0.39, 0.29) is 0 Å². The Bertz CT molecular complexity index is 830. The van der Waals surface area contributed by atoms with Crippen molar-refractivity contribution in [1.29, 1.82) is 0 Å². The topological polar surface area (TPSA) is 81.9 Å². The van der Waals surface area contributed by atoms with Gasteiger partial charge in [-0.2, -0.15) is 5.10 Å². The maximum atomic E-state index is 5.54. The molecule has 0 aliphatic heterocycles. The Morgan fingerprint density at radius 2 is 1.79 bits per heavy atom. The van der Waals surface area contributed by atoms with E-state index in [2.05, 4.69) is 22.7 Å². The highest BCUT2D eigenvalue weighted by Gasteiger charge is 2.16. The van der Waals surface area contributed by atoms with E-state index < -0.39 is 0 Å². The lowest BCUT2D eigenvalue weighted by atomic mass is 10.1. The highest BCUT2D eigenvalue weighted by molar-refractivity contribution is 5.79. The average Bonchev–Trinajstić information content (AvgIpc) is 2.94. The minimum absolute atomic E-state index is 0.434. The van der Waals surface area contributed by atoms with Gasteiger partial charge in [-0.25, -0.2) is 4.99 Å². The normalized spacial score (nSPS) is 11.3. The molecule has 0 spiro atoms. The second-order valence-electron chi connectivity index (χ2n) is 6.32. The molecule has 0 bridgehead atoms. The summed E-state index contributed by atoms with van der Waals surface area (Å²) in [7, 11) is 6.76. The summed E-state index contributed by atoms with van der Waals surface area (Å²) in [5, 5.41) is 11.1. The number of aromatic nitrogens is 2. The van der Waals surface area contributed by atoms with Crippen LogP contribution >= 0.6 is 0 Å². The van der Waals surface area contributed by atoms with Crippen LogP contribution in [0.3, 0.4) is 0 Å². The summed E-state index contributed by atoms with van der Waals surface area (Å²) in [5.74, 6) is 2.54. The zero-order valence-corrected chi connectivity index (χ0v) is 17.8. The van der Waals surface area contributed by atoms with E-state index in [1.165, 1.54) is 5.56 Å². The molecule has 1 aromatic heterocycles. The van der Waals surface area contributed by atoms with Crippen LogP contribution in [0.2, 0.25) is 0 Å². The van der Waals surface area contributed by atoms with E-state index in [1.807, 2.05) is 37.7 Å². The van der Waals surface area contributed by atoms with Crippen LogP contribution in [-0.2, 0) is 20.1 Å². The Kier molecular flexibility index (Phi) is 7.54. The quantitative estimate of drug-likeness (QED) is 0.533. The molecule has 0 aliphatic rings. The Morgan fingerprint density at radius 1 is 1.07 bits per heavy atom. The summed E-state index contributed by atoms with van der Waals surface area (Å²) in [4.78, 5) is 4.70. The minimum Gasteiger partial charge on any atom is -0.493 e. The number of ether oxygens (including phenoxy) is 3.